The second-order valence-corrected chi connectivity index (χ2v) is 3.02. The summed E-state index contributed by atoms with van der Waals surface area (Å²) in [5, 5.41) is 3.25. The van der Waals surface area contributed by atoms with Crippen LogP contribution in [-0.2, 0) is 11.4 Å². The van der Waals surface area contributed by atoms with E-state index in [9.17, 15) is 22.0 Å². The Kier molecular flexibility index (Phi) is 4.42. The van der Waals surface area contributed by atoms with Gasteiger partial charge in [0.25, 0.3) is 0 Å². The van der Waals surface area contributed by atoms with Crippen LogP contribution in [0.15, 0.2) is 5.16 Å². The first-order chi connectivity index (χ1) is 8.00. The summed E-state index contributed by atoms with van der Waals surface area (Å²) in [4.78, 5) is 4.41. The van der Waals surface area contributed by atoms with E-state index in [1.807, 2.05) is 0 Å². The molecular formula is C10H8F5NO. The zero-order valence-electron chi connectivity index (χ0n) is 8.74. The van der Waals surface area contributed by atoms with Crippen LogP contribution in [0.3, 0.4) is 0 Å². The number of rotatable bonds is 4. The quantitative estimate of drug-likeness (QED) is 0.265. The lowest BCUT2D eigenvalue weighted by atomic mass is 10.2. The lowest BCUT2D eigenvalue weighted by Crippen LogP contribution is -2.07. The SMILES string of the molecule is CCC=NOCc1c(F)c(F)c(F)c(F)c1F. The molecule has 0 unspecified atom stereocenters. The van der Waals surface area contributed by atoms with Gasteiger partial charge in [0.05, 0.1) is 5.56 Å². The smallest absolute Gasteiger partial charge is 0.200 e. The first kappa shape index (κ1) is 13.4. The summed E-state index contributed by atoms with van der Waals surface area (Å²) in [7, 11) is 0. The van der Waals surface area contributed by atoms with Gasteiger partial charge in [-0.3, -0.25) is 0 Å². The fourth-order valence-corrected chi connectivity index (χ4v) is 1.01. The van der Waals surface area contributed by atoms with Gasteiger partial charge in [-0.15, -0.1) is 0 Å². The molecule has 0 aliphatic carbocycles. The van der Waals surface area contributed by atoms with Crippen LogP contribution in [0.5, 0.6) is 0 Å². The predicted octanol–water partition coefficient (Wildman–Crippen LogP) is 3.29. The molecule has 0 saturated carbocycles. The van der Waals surface area contributed by atoms with Crippen LogP contribution in [0.2, 0.25) is 0 Å². The summed E-state index contributed by atoms with van der Waals surface area (Å²) in [5.74, 6) is -10.0. The van der Waals surface area contributed by atoms with Crippen molar-refractivity contribution in [3.63, 3.8) is 0 Å². The molecule has 0 atom stereocenters. The highest BCUT2D eigenvalue weighted by Gasteiger charge is 2.25. The predicted molar refractivity (Wildman–Crippen MR) is 49.8 cm³/mol. The van der Waals surface area contributed by atoms with Crippen molar-refractivity contribution < 1.29 is 26.8 Å². The summed E-state index contributed by atoms with van der Waals surface area (Å²) in [6.07, 6.45) is 1.79. The summed E-state index contributed by atoms with van der Waals surface area (Å²) in [6.45, 7) is 0.896. The number of hydrogen-bond donors (Lipinski definition) is 0. The molecule has 17 heavy (non-hydrogen) atoms. The Hall–Kier alpha value is -1.66. The van der Waals surface area contributed by atoms with Crippen molar-refractivity contribution >= 4 is 6.21 Å². The summed E-state index contributed by atoms with van der Waals surface area (Å²) in [5.41, 5.74) is -1.05. The van der Waals surface area contributed by atoms with E-state index >= 15 is 0 Å². The van der Waals surface area contributed by atoms with E-state index in [4.69, 9.17) is 0 Å². The normalized spacial score (nSPS) is 11.2. The van der Waals surface area contributed by atoms with Crippen LogP contribution >= 0.6 is 0 Å². The van der Waals surface area contributed by atoms with Gasteiger partial charge in [-0.05, 0) is 6.42 Å². The van der Waals surface area contributed by atoms with Gasteiger partial charge >= 0.3 is 0 Å². The van der Waals surface area contributed by atoms with E-state index in [1.165, 1.54) is 6.21 Å². The van der Waals surface area contributed by atoms with Crippen molar-refractivity contribution in [3.05, 3.63) is 34.6 Å². The first-order valence-corrected chi connectivity index (χ1v) is 4.64. The fourth-order valence-electron chi connectivity index (χ4n) is 1.01. The van der Waals surface area contributed by atoms with Gasteiger partial charge in [-0.25, -0.2) is 22.0 Å². The minimum atomic E-state index is -2.19. The molecule has 0 aliphatic rings. The summed E-state index contributed by atoms with van der Waals surface area (Å²) >= 11 is 0. The molecule has 0 aromatic heterocycles. The van der Waals surface area contributed by atoms with Gasteiger partial charge in [0.2, 0.25) is 5.82 Å². The van der Waals surface area contributed by atoms with Gasteiger partial charge in [0, 0.05) is 6.21 Å². The third kappa shape index (κ3) is 2.72. The highest BCUT2D eigenvalue weighted by Crippen LogP contribution is 2.23. The summed E-state index contributed by atoms with van der Waals surface area (Å²) < 4.78 is 64.2. The van der Waals surface area contributed by atoms with E-state index < -0.39 is 41.3 Å². The Morgan fingerprint density at radius 3 is 1.88 bits per heavy atom. The highest BCUT2D eigenvalue weighted by molar-refractivity contribution is 5.55. The molecule has 0 aliphatic heterocycles. The molecule has 94 valence electrons. The van der Waals surface area contributed by atoms with Crippen LogP contribution in [0.4, 0.5) is 22.0 Å². The fraction of sp³-hybridized carbons (Fsp3) is 0.300. The maximum atomic E-state index is 13.1. The molecule has 1 aromatic rings. The van der Waals surface area contributed by atoms with Crippen molar-refractivity contribution in [3.8, 4) is 0 Å². The van der Waals surface area contributed by atoms with Gasteiger partial charge in [0.1, 0.15) is 6.61 Å². The maximum absolute atomic E-state index is 13.1. The van der Waals surface area contributed by atoms with Crippen molar-refractivity contribution in [2.24, 2.45) is 5.16 Å². The van der Waals surface area contributed by atoms with Crippen LogP contribution < -0.4 is 0 Å². The van der Waals surface area contributed by atoms with Crippen LogP contribution in [-0.4, -0.2) is 6.21 Å². The zero-order valence-corrected chi connectivity index (χ0v) is 8.74. The molecule has 1 rings (SSSR count). The van der Waals surface area contributed by atoms with Gasteiger partial charge in [0.15, 0.2) is 23.3 Å². The van der Waals surface area contributed by atoms with E-state index in [1.54, 1.807) is 6.92 Å². The average molecular weight is 253 g/mol. The molecule has 0 radical (unpaired) electrons. The van der Waals surface area contributed by atoms with E-state index in [-0.39, 0.29) is 0 Å². The third-order valence-corrected chi connectivity index (χ3v) is 1.84. The Morgan fingerprint density at radius 2 is 1.41 bits per heavy atom. The molecule has 0 heterocycles. The number of halogens is 5. The molecule has 0 amide bonds. The number of nitrogens with zero attached hydrogens (tertiary/aromatic N) is 1. The first-order valence-electron chi connectivity index (χ1n) is 4.64. The zero-order chi connectivity index (χ0) is 13.0. The van der Waals surface area contributed by atoms with Crippen molar-refractivity contribution in [1.82, 2.24) is 0 Å². The Labute approximate surface area is 93.7 Å². The highest BCUT2D eigenvalue weighted by atomic mass is 19.2. The second kappa shape index (κ2) is 5.60. The maximum Gasteiger partial charge on any atom is 0.200 e. The minimum absolute atomic E-state index is 0.511. The lowest BCUT2D eigenvalue weighted by molar-refractivity contribution is 0.124. The molecule has 0 fully saturated rings. The molecule has 1 aromatic carbocycles. The molecule has 0 bridgehead atoms. The molecule has 0 spiro atoms. The number of oxime groups is 1. The molecule has 0 N–H and O–H groups in total. The van der Waals surface area contributed by atoms with E-state index in [2.05, 4.69) is 9.99 Å². The van der Waals surface area contributed by atoms with Gasteiger partial charge in [-0.2, -0.15) is 0 Å². The second-order valence-electron chi connectivity index (χ2n) is 3.02. The lowest BCUT2D eigenvalue weighted by Gasteiger charge is -2.06. The third-order valence-electron chi connectivity index (χ3n) is 1.84. The van der Waals surface area contributed by atoms with E-state index in [0.717, 1.165) is 0 Å². The standard InChI is InChI=1S/C10H8F5NO/c1-2-3-16-17-4-5-6(11)8(13)10(15)9(14)7(5)12/h3H,2,4H2,1H3. The average Bonchev–Trinajstić information content (AvgIpc) is 2.33. The summed E-state index contributed by atoms with van der Waals surface area (Å²) in [6, 6.07) is 0. The minimum Gasteiger partial charge on any atom is -0.391 e. The topological polar surface area (TPSA) is 21.6 Å². The molecule has 0 saturated heterocycles. The van der Waals surface area contributed by atoms with Crippen LogP contribution in [0, 0.1) is 29.1 Å². The van der Waals surface area contributed by atoms with Crippen LogP contribution in [0.1, 0.15) is 18.9 Å². The Bertz CT molecular complexity index is 418. The van der Waals surface area contributed by atoms with E-state index in [0.29, 0.717) is 6.42 Å². The monoisotopic (exact) mass is 253 g/mol. The largest absolute Gasteiger partial charge is 0.391 e. The van der Waals surface area contributed by atoms with Crippen LogP contribution in [0.25, 0.3) is 0 Å². The van der Waals surface area contributed by atoms with Crippen molar-refractivity contribution in [2.45, 2.75) is 20.0 Å². The van der Waals surface area contributed by atoms with Gasteiger partial charge < -0.3 is 4.84 Å². The molecule has 2 nitrogen and oxygen atoms in total. The van der Waals surface area contributed by atoms with Gasteiger partial charge in [-0.1, -0.05) is 12.1 Å². The Morgan fingerprint density at radius 1 is 0.941 bits per heavy atom. The van der Waals surface area contributed by atoms with Crippen molar-refractivity contribution in [2.75, 3.05) is 0 Å². The van der Waals surface area contributed by atoms with Crippen molar-refractivity contribution in [1.29, 1.82) is 0 Å². The number of benzene rings is 1. The molecule has 7 heteroatoms. The molecular weight excluding hydrogens is 245 g/mol. The Balaban J connectivity index is 3.03. The number of hydrogen-bond acceptors (Lipinski definition) is 2.